The van der Waals surface area contributed by atoms with Gasteiger partial charge in [0.05, 0.1) is 23.0 Å². The van der Waals surface area contributed by atoms with Crippen molar-refractivity contribution in [1.29, 1.82) is 0 Å². The van der Waals surface area contributed by atoms with Crippen LogP contribution in [0.1, 0.15) is 22.3 Å². The molecule has 0 radical (unpaired) electrons. The molecular formula is C30H35N5O2. The molecule has 192 valence electrons. The number of benzene rings is 3. The number of fused-ring (bicyclic) bond motifs is 1. The van der Waals surface area contributed by atoms with Crippen LogP contribution in [0, 0.1) is 0 Å². The second-order valence-electron chi connectivity index (χ2n) is 9.85. The quantitative estimate of drug-likeness (QED) is 0.339. The second-order valence-corrected chi connectivity index (χ2v) is 9.85. The van der Waals surface area contributed by atoms with Crippen molar-refractivity contribution in [3.05, 3.63) is 90.0 Å². The van der Waals surface area contributed by atoms with Crippen molar-refractivity contribution in [2.24, 2.45) is 0 Å². The summed E-state index contributed by atoms with van der Waals surface area (Å²) in [6, 6.07) is 25.8. The Morgan fingerprint density at radius 1 is 0.892 bits per heavy atom. The normalized spacial score (nSPS) is 14.4. The van der Waals surface area contributed by atoms with Crippen LogP contribution in [-0.4, -0.2) is 83.8 Å². The molecular weight excluding hydrogens is 462 g/mol. The van der Waals surface area contributed by atoms with E-state index in [1.807, 2.05) is 76.3 Å². The van der Waals surface area contributed by atoms with Gasteiger partial charge in [0.25, 0.3) is 5.91 Å². The molecule has 1 aliphatic rings. The van der Waals surface area contributed by atoms with Crippen LogP contribution < -0.4 is 4.74 Å². The van der Waals surface area contributed by atoms with Crippen molar-refractivity contribution < 1.29 is 9.53 Å². The molecule has 1 aliphatic heterocycles. The fourth-order valence-electron chi connectivity index (χ4n) is 4.84. The van der Waals surface area contributed by atoms with Gasteiger partial charge in [-0.1, -0.05) is 54.6 Å². The third-order valence-corrected chi connectivity index (χ3v) is 6.86. The molecule has 1 amide bonds. The predicted octanol–water partition coefficient (Wildman–Crippen LogP) is 4.59. The van der Waals surface area contributed by atoms with E-state index in [1.54, 1.807) is 0 Å². The van der Waals surface area contributed by atoms with Gasteiger partial charge in [-0.15, -0.1) is 5.10 Å². The van der Waals surface area contributed by atoms with Crippen LogP contribution >= 0.6 is 0 Å². The van der Waals surface area contributed by atoms with Crippen LogP contribution in [0.25, 0.3) is 10.9 Å². The Bertz CT molecular complexity index is 1330. The molecule has 0 saturated carbocycles. The van der Waals surface area contributed by atoms with E-state index in [-0.39, 0.29) is 5.91 Å². The smallest absolute Gasteiger partial charge is 0.257 e. The highest BCUT2D eigenvalue weighted by Gasteiger charge is 2.25. The van der Waals surface area contributed by atoms with Gasteiger partial charge >= 0.3 is 0 Å². The molecule has 2 heterocycles. The van der Waals surface area contributed by atoms with Gasteiger partial charge in [0, 0.05) is 26.2 Å². The van der Waals surface area contributed by atoms with Gasteiger partial charge in [0.15, 0.2) is 0 Å². The van der Waals surface area contributed by atoms with E-state index in [1.165, 1.54) is 5.56 Å². The zero-order valence-corrected chi connectivity index (χ0v) is 21.7. The Hall–Kier alpha value is -3.68. The van der Waals surface area contributed by atoms with E-state index in [2.05, 4.69) is 36.0 Å². The maximum absolute atomic E-state index is 13.5. The molecule has 1 fully saturated rings. The zero-order chi connectivity index (χ0) is 25.6. The fourth-order valence-corrected chi connectivity index (χ4v) is 4.84. The highest BCUT2D eigenvalue weighted by Crippen LogP contribution is 2.32. The third-order valence-electron chi connectivity index (χ3n) is 6.86. The van der Waals surface area contributed by atoms with Gasteiger partial charge in [0.2, 0.25) is 5.88 Å². The predicted molar refractivity (Wildman–Crippen MR) is 147 cm³/mol. The highest BCUT2D eigenvalue weighted by molar-refractivity contribution is 5.97. The highest BCUT2D eigenvalue weighted by atomic mass is 16.5. The molecule has 0 aliphatic carbocycles. The summed E-state index contributed by atoms with van der Waals surface area (Å²) in [7, 11) is 4.21. The van der Waals surface area contributed by atoms with E-state index in [0.29, 0.717) is 23.7 Å². The van der Waals surface area contributed by atoms with E-state index in [9.17, 15) is 4.79 Å². The maximum atomic E-state index is 13.5. The Morgan fingerprint density at radius 2 is 1.59 bits per heavy atom. The monoisotopic (exact) mass is 497 g/mol. The summed E-state index contributed by atoms with van der Waals surface area (Å²) in [6.45, 7) is 6.05. The first-order chi connectivity index (χ1) is 18.1. The van der Waals surface area contributed by atoms with Gasteiger partial charge < -0.3 is 14.5 Å². The molecule has 4 aromatic rings. The molecule has 5 rings (SSSR count). The van der Waals surface area contributed by atoms with Gasteiger partial charge in [-0.05, 0) is 63.4 Å². The lowest BCUT2D eigenvalue weighted by Gasteiger charge is -2.35. The average Bonchev–Trinajstić information content (AvgIpc) is 3.26. The standard InChI is InChI=1S/C30H35N5O2/c1-32(2)17-10-18-33-19-21-34(22-20-33)30(36)26-14-7-9-16-28(26)37-29-25-13-6-8-15-27(25)35(31-29)23-24-11-4-3-5-12-24/h3-9,11-16H,10,17-23H2,1-2H3. The summed E-state index contributed by atoms with van der Waals surface area (Å²) >= 11 is 0. The number of para-hydroxylation sites is 2. The largest absolute Gasteiger partial charge is 0.436 e. The molecule has 0 atom stereocenters. The van der Waals surface area contributed by atoms with Crippen molar-refractivity contribution in [3.63, 3.8) is 0 Å². The van der Waals surface area contributed by atoms with Crippen LogP contribution in [0.4, 0.5) is 0 Å². The molecule has 0 N–H and O–H groups in total. The van der Waals surface area contributed by atoms with Crippen molar-refractivity contribution in [2.45, 2.75) is 13.0 Å². The Labute approximate surface area is 218 Å². The van der Waals surface area contributed by atoms with Crippen LogP contribution in [-0.2, 0) is 6.54 Å². The number of ether oxygens (including phenoxy) is 1. The number of carbonyl (C=O) groups excluding carboxylic acids is 1. The molecule has 1 aromatic heterocycles. The van der Waals surface area contributed by atoms with Crippen molar-refractivity contribution >= 4 is 16.8 Å². The lowest BCUT2D eigenvalue weighted by Crippen LogP contribution is -2.49. The van der Waals surface area contributed by atoms with Gasteiger partial charge in [0.1, 0.15) is 5.75 Å². The molecule has 0 unspecified atom stereocenters. The van der Waals surface area contributed by atoms with Crippen molar-refractivity contribution in [1.82, 2.24) is 24.5 Å². The summed E-state index contributed by atoms with van der Waals surface area (Å²) in [5, 5.41) is 5.73. The van der Waals surface area contributed by atoms with Crippen molar-refractivity contribution in [3.8, 4) is 11.6 Å². The number of aromatic nitrogens is 2. The van der Waals surface area contributed by atoms with E-state index in [0.717, 1.165) is 56.6 Å². The fraction of sp³-hybridized carbons (Fsp3) is 0.333. The lowest BCUT2D eigenvalue weighted by molar-refractivity contribution is 0.0631. The molecule has 7 nitrogen and oxygen atoms in total. The number of amides is 1. The Balaban J connectivity index is 1.31. The lowest BCUT2D eigenvalue weighted by atomic mass is 10.1. The number of piperazine rings is 1. The number of hydrogen-bond acceptors (Lipinski definition) is 5. The topological polar surface area (TPSA) is 53.8 Å². The van der Waals surface area contributed by atoms with Crippen LogP contribution in [0.3, 0.4) is 0 Å². The van der Waals surface area contributed by atoms with Crippen LogP contribution in [0.2, 0.25) is 0 Å². The molecule has 0 spiro atoms. The molecule has 0 bridgehead atoms. The first-order valence-electron chi connectivity index (χ1n) is 13.0. The summed E-state index contributed by atoms with van der Waals surface area (Å²) in [5.41, 5.74) is 2.74. The zero-order valence-electron chi connectivity index (χ0n) is 21.7. The van der Waals surface area contributed by atoms with E-state index in [4.69, 9.17) is 9.84 Å². The number of hydrogen-bond donors (Lipinski definition) is 0. The first kappa shape index (κ1) is 25.0. The summed E-state index contributed by atoms with van der Waals surface area (Å²) in [6.07, 6.45) is 1.14. The van der Waals surface area contributed by atoms with E-state index >= 15 is 0 Å². The van der Waals surface area contributed by atoms with Gasteiger partial charge in [-0.2, -0.15) is 0 Å². The summed E-state index contributed by atoms with van der Waals surface area (Å²) in [4.78, 5) is 20.1. The summed E-state index contributed by atoms with van der Waals surface area (Å²) < 4.78 is 8.31. The minimum atomic E-state index is 0.0107. The minimum absolute atomic E-state index is 0.0107. The molecule has 3 aromatic carbocycles. The first-order valence-corrected chi connectivity index (χ1v) is 13.0. The Morgan fingerprint density at radius 3 is 2.38 bits per heavy atom. The maximum Gasteiger partial charge on any atom is 0.257 e. The van der Waals surface area contributed by atoms with Gasteiger partial charge in [-0.25, -0.2) is 0 Å². The van der Waals surface area contributed by atoms with Crippen LogP contribution in [0.15, 0.2) is 78.9 Å². The average molecular weight is 498 g/mol. The summed E-state index contributed by atoms with van der Waals surface area (Å²) in [5.74, 6) is 1.06. The van der Waals surface area contributed by atoms with Crippen LogP contribution in [0.5, 0.6) is 11.6 Å². The Kier molecular flexibility index (Phi) is 7.82. The number of rotatable bonds is 9. The third kappa shape index (κ3) is 6.01. The molecule has 7 heteroatoms. The second kappa shape index (κ2) is 11.6. The molecule has 1 saturated heterocycles. The van der Waals surface area contributed by atoms with Gasteiger partial charge in [-0.3, -0.25) is 14.4 Å². The van der Waals surface area contributed by atoms with Crippen molar-refractivity contribution in [2.75, 3.05) is 53.4 Å². The molecule has 37 heavy (non-hydrogen) atoms. The number of carbonyl (C=O) groups is 1. The number of nitrogens with zero attached hydrogens (tertiary/aromatic N) is 5. The van der Waals surface area contributed by atoms with E-state index < -0.39 is 0 Å². The SMILES string of the molecule is CN(C)CCCN1CCN(C(=O)c2ccccc2Oc2nn(Cc3ccccc3)c3ccccc23)CC1. The minimum Gasteiger partial charge on any atom is -0.436 e.